The predicted molar refractivity (Wildman–Crippen MR) is 62.4 cm³/mol. The first-order valence-corrected chi connectivity index (χ1v) is 6.21. The third-order valence-corrected chi connectivity index (χ3v) is 3.78. The number of aromatic nitrogens is 2. The molecule has 0 unspecified atom stereocenters. The van der Waals surface area contributed by atoms with Crippen LogP contribution in [-0.4, -0.2) is 21.3 Å². The maximum Gasteiger partial charge on any atom is 0.336 e. The molecule has 0 saturated carbocycles. The molecule has 1 N–H and O–H groups in total. The molecule has 4 nitrogen and oxygen atoms in total. The molecule has 0 aliphatic heterocycles. The standard InChI is InChI=1S/C9H5ClN2O2S2/c10-5-1-2-6(8(13)14)7(3-5)16-9-12-11-4-15-9/h1-4H,(H,13,14). The molecule has 1 aromatic heterocycles. The Labute approximate surface area is 104 Å². The highest BCUT2D eigenvalue weighted by molar-refractivity contribution is 8.01. The average molecular weight is 273 g/mol. The van der Waals surface area contributed by atoms with Crippen LogP contribution in [0.5, 0.6) is 0 Å². The topological polar surface area (TPSA) is 63.1 Å². The number of aromatic carboxylic acids is 1. The van der Waals surface area contributed by atoms with E-state index in [4.69, 9.17) is 16.7 Å². The summed E-state index contributed by atoms with van der Waals surface area (Å²) in [6.45, 7) is 0. The predicted octanol–water partition coefficient (Wildman–Crippen LogP) is 3.04. The summed E-state index contributed by atoms with van der Waals surface area (Å²) in [6, 6.07) is 4.64. The Morgan fingerprint density at radius 1 is 1.50 bits per heavy atom. The molecule has 2 rings (SSSR count). The quantitative estimate of drug-likeness (QED) is 0.930. The number of benzene rings is 1. The Hall–Kier alpha value is -1.11. The number of hydrogen-bond donors (Lipinski definition) is 1. The van der Waals surface area contributed by atoms with E-state index in [0.29, 0.717) is 14.3 Å². The first kappa shape index (κ1) is 11.4. The van der Waals surface area contributed by atoms with Gasteiger partial charge >= 0.3 is 5.97 Å². The summed E-state index contributed by atoms with van der Waals surface area (Å²) in [5.41, 5.74) is 1.80. The molecule has 82 valence electrons. The van der Waals surface area contributed by atoms with Gasteiger partial charge in [-0.1, -0.05) is 34.7 Å². The molecule has 0 bridgehead atoms. The van der Waals surface area contributed by atoms with Gasteiger partial charge in [-0.15, -0.1) is 10.2 Å². The van der Waals surface area contributed by atoms with Gasteiger partial charge in [0.2, 0.25) is 0 Å². The molecule has 0 aliphatic carbocycles. The van der Waals surface area contributed by atoms with Crippen molar-refractivity contribution in [2.45, 2.75) is 9.24 Å². The third kappa shape index (κ3) is 2.52. The number of nitrogens with zero attached hydrogens (tertiary/aromatic N) is 2. The van der Waals surface area contributed by atoms with Gasteiger partial charge < -0.3 is 5.11 Å². The molecule has 0 radical (unpaired) electrons. The highest BCUT2D eigenvalue weighted by Gasteiger charge is 2.12. The van der Waals surface area contributed by atoms with Crippen molar-refractivity contribution in [3.8, 4) is 0 Å². The SMILES string of the molecule is O=C(O)c1ccc(Cl)cc1Sc1nncs1. The van der Waals surface area contributed by atoms with E-state index in [2.05, 4.69) is 10.2 Å². The lowest BCUT2D eigenvalue weighted by molar-refractivity contribution is 0.0693. The zero-order valence-electron chi connectivity index (χ0n) is 7.75. The highest BCUT2D eigenvalue weighted by atomic mass is 35.5. The molecular weight excluding hydrogens is 268 g/mol. The van der Waals surface area contributed by atoms with E-state index in [1.807, 2.05) is 0 Å². The van der Waals surface area contributed by atoms with Crippen LogP contribution < -0.4 is 0 Å². The second kappa shape index (κ2) is 4.82. The Kier molecular flexibility index (Phi) is 3.42. The van der Waals surface area contributed by atoms with Crippen molar-refractivity contribution in [1.82, 2.24) is 10.2 Å². The van der Waals surface area contributed by atoms with E-state index >= 15 is 0 Å². The molecule has 0 atom stereocenters. The largest absolute Gasteiger partial charge is 0.478 e. The van der Waals surface area contributed by atoms with Crippen LogP contribution in [0.4, 0.5) is 0 Å². The second-order valence-corrected chi connectivity index (χ2v) is 5.31. The van der Waals surface area contributed by atoms with Gasteiger partial charge in [0, 0.05) is 9.92 Å². The maximum absolute atomic E-state index is 11.0. The van der Waals surface area contributed by atoms with Gasteiger partial charge in [0.05, 0.1) is 5.56 Å². The molecule has 0 spiro atoms. The van der Waals surface area contributed by atoms with Gasteiger partial charge in [-0.25, -0.2) is 4.79 Å². The van der Waals surface area contributed by atoms with Crippen LogP contribution in [0.2, 0.25) is 5.02 Å². The summed E-state index contributed by atoms with van der Waals surface area (Å²) in [4.78, 5) is 11.5. The molecule has 1 heterocycles. The first-order chi connectivity index (χ1) is 7.66. The smallest absolute Gasteiger partial charge is 0.336 e. The Morgan fingerprint density at radius 2 is 2.31 bits per heavy atom. The van der Waals surface area contributed by atoms with E-state index in [0.717, 1.165) is 0 Å². The number of carboxylic acids is 1. The molecule has 0 aliphatic rings. The van der Waals surface area contributed by atoms with Crippen LogP contribution in [0.3, 0.4) is 0 Å². The lowest BCUT2D eigenvalue weighted by Gasteiger charge is -2.03. The van der Waals surface area contributed by atoms with Gasteiger partial charge in [-0.05, 0) is 18.2 Å². The summed E-state index contributed by atoms with van der Waals surface area (Å²) in [5.74, 6) is -0.983. The summed E-state index contributed by atoms with van der Waals surface area (Å²) in [6.07, 6.45) is 0. The van der Waals surface area contributed by atoms with Crippen molar-refractivity contribution < 1.29 is 9.90 Å². The minimum atomic E-state index is -0.983. The normalized spacial score (nSPS) is 10.3. The van der Waals surface area contributed by atoms with Gasteiger partial charge in [0.1, 0.15) is 5.51 Å². The highest BCUT2D eigenvalue weighted by Crippen LogP contribution is 2.33. The molecule has 0 saturated heterocycles. The van der Waals surface area contributed by atoms with Crippen LogP contribution >= 0.6 is 34.7 Å². The first-order valence-electron chi connectivity index (χ1n) is 4.13. The molecule has 16 heavy (non-hydrogen) atoms. The average Bonchev–Trinajstić information content (AvgIpc) is 2.70. The van der Waals surface area contributed by atoms with E-state index in [-0.39, 0.29) is 5.56 Å². The van der Waals surface area contributed by atoms with E-state index < -0.39 is 5.97 Å². The fourth-order valence-corrected chi connectivity index (χ4v) is 2.89. The van der Waals surface area contributed by atoms with Crippen molar-refractivity contribution in [3.63, 3.8) is 0 Å². The fourth-order valence-electron chi connectivity index (χ4n) is 1.06. The summed E-state index contributed by atoms with van der Waals surface area (Å²) >= 11 is 8.41. The Bertz CT molecular complexity index is 516. The number of halogens is 1. The van der Waals surface area contributed by atoms with Crippen molar-refractivity contribution >= 4 is 40.7 Å². The monoisotopic (exact) mass is 272 g/mol. The summed E-state index contributed by atoms with van der Waals surface area (Å²) in [5, 5.41) is 17.0. The molecule has 7 heteroatoms. The third-order valence-electron chi connectivity index (χ3n) is 1.71. The minimum Gasteiger partial charge on any atom is -0.478 e. The molecular formula is C9H5ClN2O2S2. The minimum absolute atomic E-state index is 0.213. The molecule has 2 aromatic rings. The number of carboxylic acid groups (broad SMARTS) is 1. The fraction of sp³-hybridized carbons (Fsp3) is 0. The Morgan fingerprint density at radius 3 is 2.94 bits per heavy atom. The van der Waals surface area contributed by atoms with Crippen LogP contribution in [0, 0.1) is 0 Å². The van der Waals surface area contributed by atoms with E-state index in [1.54, 1.807) is 17.6 Å². The molecule has 0 fully saturated rings. The number of carbonyl (C=O) groups is 1. The number of rotatable bonds is 3. The Balaban J connectivity index is 2.38. The molecule has 0 amide bonds. The van der Waals surface area contributed by atoms with Crippen molar-refractivity contribution in [2.75, 3.05) is 0 Å². The van der Waals surface area contributed by atoms with Crippen LogP contribution in [-0.2, 0) is 0 Å². The van der Waals surface area contributed by atoms with E-state index in [9.17, 15) is 4.79 Å². The zero-order valence-corrected chi connectivity index (χ0v) is 10.1. The lowest BCUT2D eigenvalue weighted by Crippen LogP contribution is -1.98. The van der Waals surface area contributed by atoms with Gasteiger partial charge in [0.15, 0.2) is 4.34 Å². The van der Waals surface area contributed by atoms with Crippen LogP contribution in [0.15, 0.2) is 32.9 Å². The zero-order chi connectivity index (χ0) is 11.5. The van der Waals surface area contributed by atoms with Crippen LogP contribution in [0.1, 0.15) is 10.4 Å². The van der Waals surface area contributed by atoms with Crippen molar-refractivity contribution in [3.05, 3.63) is 34.3 Å². The lowest BCUT2D eigenvalue weighted by atomic mass is 10.2. The van der Waals surface area contributed by atoms with Gasteiger partial charge in [-0.2, -0.15) is 0 Å². The van der Waals surface area contributed by atoms with Gasteiger partial charge in [0.25, 0.3) is 0 Å². The maximum atomic E-state index is 11.0. The van der Waals surface area contributed by atoms with Crippen LogP contribution in [0.25, 0.3) is 0 Å². The number of hydrogen-bond acceptors (Lipinski definition) is 5. The van der Waals surface area contributed by atoms with E-state index in [1.165, 1.54) is 29.2 Å². The second-order valence-electron chi connectivity index (χ2n) is 2.75. The summed E-state index contributed by atoms with van der Waals surface area (Å²) < 4.78 is 0.685. The molecule has 1 aromatic carbocycles. The van der Waals surface area contributed by atoms with Gasteiger partial charge in [-0.3, -0.25) is 0 Å². The summed E-state index contributed by atoms with van der Waals surface area (Å²) in [7, 11) is 0. The van der Waals surface area contributed by atoms with Crippen molar-refractivity contribution in [1.29, 1.82) is 0 Å². The van der Waals surface area contributed by atoms with Crippen molar-refractivity contribution in [2.24, 2.45) is 0 Å².